The lowest BCUT2D eigenvalue weighted by Crippen LogP contribution is -2.34. The molecule has 0 spiro atoms. The van der Waals surface area contributed by atoms with Crippen molar-refractivity contribution in [1.82, 2.24) is 20.1 Å². The number of pyridine rings is 1. The van der Waals surface area contributed by atoms with Gasteiger partial charge in [0.25, 0.3) is 0 Å². The zero-order chi connectivity index (χ0) is 26.7. The molecule has 1 aliphatic heterocycles. The number of benzene rings is 2. The Morgan fingerprint density at radius 1 is 1.11 bits per heavy atom. The summed E-state index contributed by atoms with van der Waals surface area (Å²) in [5.41, 5.74) is 3.25. The Balaban J connectivity index is 1.27. The molecule has 2 aromatic carbocycles. The van der Waals surface area contributed by atoms with Crippen LogP contribution in [0.5, 0.6) is 17.2 Å². The van der Waals surface area contributed by atoms with Crippen LogP contribution in [-0.4, -0.2) is 39.9 Å². The molecule has 4 aromatic rings. The number of hydrogen-bond donors (Lipinski definition) is 2. The number of ether oxygens (including phenoxy) is 2. The fourth-order valence-corrected chi connectivity index (χ4v) is 4.57. The summed E-state index contributed by atoms with van der Waals surface area (Å²) >= 11 is 0. The first-order chi connectivity index (χ1) is 18.2. The van der Waals surface area contributed by atoms with Gasteiger partial charge in [0.1, 0.15) is 23.4 Å². The second-order valence-electron chi connectivity index (χ2n) is 10.8. The molecule has 1 fully saturated rings. The van der Waals surface area contributed by atoms with Gasteiger partial charge in [0.2, 0.25) is 5.91 Å². The molecule has 2 N–H and O–H groups in total. The molecule has 5 rings (SSSR count). The molecule has 3 heterocycles. The number of fused-ring (bicyclic) bond motifs is 1. The van der Waals surface area contributed by atoms with Gasteiger partial charge in [-0.15, -0.1) is 0 Å². The van der Waals surface area contributed by atoms with Crippen molar-refractivity contribution in [3.63, 3.8) is 0 Å². The zero-order valence-corrected chi connectivity index (χ0v) is 22.5. The van der Waals surface area contributed by atoms with Crippen molar-refractivity contribution in [1.29, 1.82) is 0 Å². The number of nitrogens with one attached hydrogen (secondary N) is 2. The van der Waals surface area contributed by atoms with Crippen LogP contribution < -0.4 is 20.1 Å². The quantitative estimate of drug-likeness (QED) is 0.334. The predicted molar refractivity (Wildman–Crippen MR) is 149 cm³/mol. The van der Waals surface area contributed by atoms with E-state index in [-0.39, 0.29) is 24.0 Å². The lowest BCUT2D eigenvalue weighted by atomic mass is 10.1. The summed E-state index contributed by atoms with van der Waals surface area (Å²) in [4.78, 5) is 17.1. The van der Waals surface area contributed by atoms with Crippen LogP contribution in [0.2, 0.25) is 0 Å². The minimum atomic E-state index is -0.141. The lowest BCUT2D eigenvalue weighted by Gasteiger charge is -2.24. The number of hydrogen-bond acceptors (Lipinski definition) is 6. The van der Waals surface area contributed by atoms with Crippen LogP contribution >= 0.6 is 0 Å². The van der Waals surface area contributed by atoms with Gasteiger partial charge in [-0.3, -0.25) is 14.5 Å². The molecule has 0 radical (unpaired) electrons. The van der Waals surface area contributed by atoms with Crippen molar-refractivity contribution < 1.29 is 14.3 Å². The molecule has 198 valence electrons. The summed E-state index contributed by atoms with van der Waals surface area (Å²) in [6.07, 6.45) is 7.75. The van der Waals surface area contributed by atoms with Crippen LogP contribution in [0.3, 0.4) is 0 Å². The molecule has 1 aliphatic rings. The van der Waals surface area contributed by atoms with E-state index in [9.17, 15) is 4.79 Å². The van der Waals surface area contributed by atoms with Gasteiger partial charge in [-0.25, -0.2) is 0 Å². The second-order valence-corrected chi connectivity index (χ2v) is 10.8. The zero-order valence-electron chi connectivity index (χ0n) is 22.5. The van der Waals surface area contributed by atoms with Gasteiger partial charge >= 0.3 is 0 Å². The highest BCUT2D eigenvalue weighted by Crippen LogP contribution is 2.33. The van der Waals surface area contributed by atoms with Gasteiger partial charge in [0.05, 0.1) is 29.4 Å². The number of aryl methyl sites for hydroxylation is 1. The van der Waals surface area contributed by atoms with E-state index in [0.717, 1.165) is 65.2 Å². The Morgan fingerprint density at radius 3 is 2.66 bits per heavy atom. The molecule has 0 bridgehead atoms. The third kappa shape index (κ3) is 6.14. The molecule has 8 heteroatoms. The van der Waals surface area contributed by atoms with E-state index in [2.05, 4.69) is 41.5 Å². The molecular formula is C30H35N5O3. The maximum Gasteiger partial charge on any atom is 0.228 e. The number of anilines is 1. The minimum absolute atomic E-state index is 0.0899. The van der Waals surface area contributed by atoms with Gasteiger partial charge in [-0.2, -0.15) is 5.10 Å². The van der Waals surface area contributed by atoms with E-state index >= 15 is 0 Å². The molecule has 0 unspecified atom stereocenters. The van der Waals surface area contributed by atoms with Gasteiger partial charge in [-0.05, 0) is 95.1 Å². The Morgan fingerprint density at radius 2 is 1.92 bits per heavy atom. The fraction of sp³-hybridized carbons (Fsp3) is 0.367. The van der Waals surface area contributed by atoms with Crippen LogP contribution in [0.1, 0.15) is 44.7 Å². The largest absolute Gasteiger partial charge is 0.490 e. The lowest BCUT2D eigenvalue weighted by molar-refractivity contribution is -0.115. The number of rotatable bonds is 7. The number of piperidine rings is 1. The molecule has 1 saturated heterocycles. The molecule has 0 saturated carbocycles. The average Bonchev–Trinajstić information content (AvgIpc) is 3.36. The maximum atomic E-state index is 12.6. The predicted octanol–water partition coefficient (Wildman–Crippen LogP) is 5.60. The number of carbonyl (C=O) groups is 1. The summed E-state index contributed by atoms with van der Waals surface area (Å²) in [6, 6.07) is 13.7. The summed E-state index contributed by atoms with van der Waals surface area (Å²) in [5.74, 6) is 2.19. The Kier molecular flexibility index (Phi) is 7.33. The fourth-order valence-electron chi connectivity index (χ4n) is 4.57. The van der Waals surface area contributed by atoms with Crippen molar-refractivity contribution >= 4 is 22.5 Å². The van der Waals surface area contributed by atoms with Crippen LogP contribution in [0.15, 0.2) is 61.1 Å². The standard InChI is InChI=1S/C30H35N5O3/c1-20-15-21(16-29(36)34-22-18-33-35(19-22)30(2,3)4)5-8-27(20)38-28-11-14-32-26-7-6-24(17-25(26)28)37-23-9-12-31-13-10-23/h5-8,11,14-15,17-19,23,31H,9-10,12-13,16H2,1-4H3,(H,34,36). The molecule has 8 nitrogen and oxygen atoms in total. The SMILES string of the molecule is Cc1cc(CC(=O)Nc2cnn(C(C)(C)C)c2)ccc1Oc1ccnc2ccc(OC3CCNCC3)cc12. The summed E-state index contributed by atoms with van der Waals surface area (Å²) in [7, 11) is 0. The van der Waals surface area contributed by atoms with Crippen molar-refractivity contribution in [3.05, 3.63) is 72.2 Å². The van der Waals surface area contributed by atoms with E-state index in [1.165, 1.54) is 0 Å². The monoisotopic (exact) mass is 513 g/mol. The summed E-state index contributed by atoms with van der Waals surface area (Å²) < 4.78 is 14.4. The van der Waals surface area contributed by atoms with E-state index in [4.69, 9.17) is 9.47 Å². The maximum absolute atomic E-state index is 12.6. The van der Waals surface area contributed by atoms with E-state index in [0.29, 0.717) is 5.69 Å². The number of amides is 1. The van der Waals surface area contributed by atoms with Crippen molar-refractivity contribution in [2.45, 2.75) is 58.6 Å². The second kappa shape index (κ2) is 10.8. The highest BCUT2D eigenvalue weighted by Gasteiger charge is 2.17. The molecule has 1 amide bonds. The minimum Gasteiger partial charge on any atom is -0.490 e. The average molecular weight is 514 g/mol. The first-order valence-electron chi connectivity index (χ1n) is 13.1. The molecule has 0 atom stereocenters. The van der Waals surface area contributed by atoms with Crippen molar-refractivity contribution in [2.24, 2.45) is 0 Å². The topological polar surface area (TPSA) is 90.3 Å². The van der Waals surface area contributed by atoms with Crippen LogP contribution in [0, 0.1) is 6.92 Å². The Bertz CT molecular complexity index is 1430. The van der Waals surface area contributed by atoms with Gasteiger partial charge in [0, 0.05) is 17.8 Å². The number of aromatic nitrogens is 3. The third-order valence-electron chi connectivity index (χ3n) is 6.64. The first kappa shape index (κ1) is 25.7. The van der Waals surface area contributed by atoms with Gasteiger partial charge in [0.15, 0.2) is 0 Å². The Hall–Kier alpha value is -3.91. The molecular weight excluding hydrogens is 478 g/mol. The van der Waals surface area contributed by atoms with E-state index in [1.54, 1.807) is 12.4 Å². The first-order valence-corrected chi connectivity index (χ1v) is 13.1. The van der Waals surface area contributed by atoms with E-state index in [1.807, 2.05) is 60.3 Å². The third-order valence-corrected chi connectivity index (χ3v) is 6.64. The highest BCUT2D eigenvalue weighted by molar-refractivity contribution is 5.92. The molecule has 38 heavy (non-hydrogen) atoms. The van der Waals surface area contributed by atoms with Crippen molar-refractivity contribution in [2.75, 3.05) is 18.4 Å². The molecule has 0 aliphatic carbocycles. The number of nitrogens with zero attached hydrogens (tertiary/aromatic N) is 3. The smallest absolute Gasteiger partial charge is 0.228 e. The van der Waals surface area contributed by atoms with Crippen LogP contribution in [-0.2, 0) is 16.8 Å². The van der Waals surface area contributed by atoms with Crippen molar-refractivity contribution in [3.8, 4) is 17.2 Å². The highest BCUT2D eigenvalue weighted by atomic mass is 16.5. The number of carbonyl (C=O) groups excluding carboxylic acids is 1. The summed E-state index contributed by atoms with van der Waals surface area (Å²) in [6.45, 7) is 10.1. The van der Waals surface area contributed by atoms with Crippen LogP contribution in [0.4, 0.5) is 5.69 Å². The van der Waals surface area contributed by atoms with Gasteiger partial charge in [-0.1, -0.05) is 12.1 Å². The Labute approximate surface area is 223 Å². The van der Waals surface area contributed by atoms with Gasteiger partial charge < -0.3 is 20.1 Å². The van der Waals surface area contributed by atoms with E-state index < -0.39 is 0 Å². The molecule has 2 aromatic heterocycles. The summed E-state index contributed by atoms with van der Waals surface area (Å²) in [5, 5.41) is 11.5. The normalized spacial score (nSPS) is 14.4. The van der Waals surface area contributed by atoms with Crippen LogP contribution in [0.25, 0.3) is 10.9 Å².